The average Bonchev–Trinajstić information content (AvgIpc) is 2.53. The molecule has 0 spiro atoms. The zero-order chi connectivity index (χ0) is 18.6. The van der Waals surface area contributed by atoms with E-state index in [-0.39, 0.29) is 27.1 Å². The van der Waals surface area contributed by atoms with E-state index >= 15 is 0 Å². The molecule has 0 bridgehead atoms. The predicted octanol–water partition coefficient (Wildman–Crippen LogP) is 3.86. The van der Waals surface area contributed by atoms with Crippen molar-refractivity contribution in [3.05, 3.63) is 58.1 Å². The molecule has 134 valence electrons. The molecule has 0 aliphatic carbocycles. The highest BCUT2D eigenvalue weighted by Gasteiger charge is 2.23. The summed E-state index contributed by atoms with van der Waals surface area (Å²) in [4.78, 5) is 11.4. The Bertz CT molecular complexity index is 843. The molecule has 2 aromatic carbocycles. The molecule has 1 N–H and O–H groups in total. The Morgan fingerprint density at radius 1 is 1.16 bits per heavy atom. The van der Waals surface area contributed by atoms with Gasteiger partial charge in [-0.3, -0.25) is 0 Å². The third kappa shape index (κ3) is 5.36. The fraction of sp³-hybridized carbons (Fsp3) is 0.235. The summed E-state index contributed by atoms with van der Waals surface area (Å²) in [5.74, 6) is -1.20. The van der Waals surface area contributed by atoms with Gasteiger partial charge in [-0.05, 0) is 30.5 Å². The number of hydrogen-bond acceptors (Lipinski definition) is 4. The van der Waals surface area contributed by atoms with Gasteiger partial charge in [0.15, 0.2) is 21.7 Å². The van der Waals surface area contributed by atoms with Gasteiger partial charge in [0.2, 0.25) is 0 Å². The van der Waals surface area contributed by atoms with Crippen LogP contribution in [0, 0.1) is 0 Å². The van der Waals surface area contributed by atoms with E-state index in [1.165, 1.54) is 12.1 Å². The van der Waals surface area contributed by atoms with E-state index in [1.807, 2.05) is 30.3 Å². The maximum atomic E-state index is 11.6. The Labute approximate surface area is 156 Å². The molecular weight excluding hydrogens is 387 g/mol. The van der Waals surface area contributed by atoms with Crippen LogP contribution in [0.15, 0.2) is 47.4 Å². The van der Waals surface area contributed by atoms with Crippen molar-refractivity contribution >= 4 is 39.0 Å². The van der Waals surface area contributed by atoms with Crippen molar-refractivity contribution in [1.82, 2.24) is 0 Å². The molecule has 0 aliphatic rings. The Hall–Kier alpha value is -1.76. The van der Waals surface area contributed by atoms with E-state index in [2.05, 4.69) is 0 Å². The maximum Gasteiger partial charge on any atom is 0.344 e. The Balaban J connectivity index is 2.21. The molecule has 1 atom stereocenters. The van der Waals surface area contributed by atoms with Crippen LogP contribution in [0.3, 0.4) is 0 Å². The van der Waals surface area contributed by atoms with Crippen LogP contribution in [0.1, 0.15) is 12.0 Å². The number of benzene rings is 2. The molecule has 0 amide bonds. The number of carboxylic acids is 1. The van der Waals surface area contributed by atoms with E-state index in [4.69, 9.17) is 27.9 Å². The van der Waals surface area contributed by atoms with Gasteiger partial charge in [-0.1, -0.05) is 53.5 Å². The first-order chi connectivity index (χ1) is 11.7. The van der Waals surface area contributed by atoms with E-state index in [0.29, 0.717) is 6.42 Å². The lowest BCUT2D eigenvalue weighted by atomic mass is 10.1. The number of ether oxygens (including phenoxy) is 1. The minimum absolute atomic E-state index is 0.0452. The van der Waals surface area contributed by atoms with Crippen molar-refractivity contribution < 1.29 is 23.1 Å². The van der Waals surface area contributed by atoms with Crippen molar-refractivity contribution in [2.75, 3.05) is 6.26 Å². The van der Waals surface area contributed by atoms with E-state index in [1.54, 1.807) is 0 Å². The number of rotatable bonds is 7. The molecule has 0 fully saturated rings. The van der Waals surface area contributed by atoms with Gasteiger partial charge in [0, 0.05) is 6.26 Å². The third-order valence-electron chi connectivity index (χ3n) is 3.47. The summed E-state index contributed by atoms with van der Waals surface area (Å²) in [5, 5.41) is 9.26. The number of carboxylic acid groups (broad SMARTS) is 1. The summed E-state index contributed by atoms with van der Waals surface area (Å²) in [6.07, 6.45) is 0.559. The quantitative estimate of drug-likeness (QED) is 0.759. The Morgan fingerprint density at radius 2 is 1.72 bits per heavy atom. The molecule has 2 aromatic rings. The van der Waals surface area contributed by atoms with E-state index < -0.39 is 21.9 Å². The summed E-state index contributed by atoms with van der Waals surface area (Å²) in [6, 6.07) is 11.8. The third-order valence-corrected chi connectivity index (χ3v) is 5.13. The molecular formula is C17H16Cl2O5S. The summed E-state index contributed by atoms with van der Waals surface area (Å²) in [5.41, 5.74) is 0.974. The zero-order valence-corrected chi connectivity index (χ0v) is 15.6. The second kappa shape index (κ2) is 8.08. The highest BCUT2D eigenvalue weighted by atomic mass is 35.5. The van der Waals surface area contributed by atoms with Gasteiger partial charge >= 0.3 is 5.97 Å². The molecule has 0 heterocycles. The highest BCUT2D eigenvalue weighted by molar-refractivity contribution is 7.90. The molecule has 0 aliphatic heterocycles. The molecule has 5 nitrogen and oxygen atoms in total. The van der Waals surface area contributed by atoms with Crippen molar-refractivity contribution in [2.45, 2.75) is 23.8 Å². The molecule has 0 saturated carbocycles. The minimum Gasteiger partial charge on any atom is -0.479 e. The van der Waals surface area contributed by atoms with Gasteiger partial charge in [-0.25, -0.2) is 13.2 Å². The normalized spacial score (nSPS) is 12.6. The summed E-state index contributed by atoms with van der Waals surface area (Å²) in [7, 11) is -3.50. The van der Waals surface area contributed by atoms with Crippen LogP contribution in [0.5, 0.6) is 5.75 Å². The van der Waals surface area contributed by atoms with Gasteiger partial charge in [-0.15, -0.1) is 0 Å². The van der Waals surface area contributed by atoms with Crippen LogP contribution in [-0.4, -0.2) is 31.9 Å². The van der Waals surface area contributed by atoms with Crippen molar-refractivity contribution in [3.63, 3.8) is 0 Å². The predicted molar refractivity (Wildman–Crippen MR) is 96.4 cm³/mol. The second-order valence-electron chi connectivity index (χ2n) is 5.46. The van der Waals surface area contributed by atoms with Gasteiger partial charge in [0.1, 0.15) is 0 Å². The number of aryl methyl sites for hydroxylation is 1. The van der Waals surface area contributed by atoms with Gasteiger partial charge in [-0.2, -0.15) is 0 Å². The van der Waals surface area contributed by atoms with Crippen LogP contribution in [-0.2, 0) is 21.1 Å². The molecule has 0 aromatic heterocycles. The minimum atomic E-state index is -3.50. The van der Waals surface area contributed by atoms with Crippen LogP contribution < -0.4 is 4.74 Å². The SMILES string of the molecule is CS(=O)(=O)c1cc(Cl)c(OC(CCc2ccccc2)C(=O)O)c(Cl)c1. The van der Waals surface area contributed by atoms with Crippen LogP contribution in [0.4, 0.5) is 0 Å². The molecule has 0 saturated heterocycles. The lowest BCUT2D eigenvalue weighted by Crippen LogP contribution is -2.28. The average molecular weight is 403 g/mol. The lowest BCUT2D eigenvalue weighted by molar-refractivity contribution is -0.145. The Morgan fingerprint density at radius 3 is 2.20 bits per heavy atom. The largest absolute Gasteiger partial charge is 0.479 e. The van der Waals surface area contributed by atoms with E-state index in [9.17, 15) is 18.3 Å². The number of sulfone groups is 1. The topological polar surface area (TPSA) is 80.7 Å². The van der Waals surface area contributed by atoms with Gasteiger partial charge < -0.3 is 9.84 Å². The number of carbonyl (C=O) groups is 1. The van der Waals surface area contributed by atoms with Gasteiger partial charge in [0.05, 0.1) is 14.9 Å². The summed E-state index contributed by atoms with van der Waals surface area (Å²) >= 11 is 12.1. The molecule has 8 heteroatoms. The lowest BCUT2D eigenvalue weighted by Gasteiger charge is -2.17. The number of aliphatic carboxylic acids is 1. The number of halogens is 2. The fourth-order valence-electron chi connectivity index (χ4n) is 2.18. The monoisotopic (exact) mass is 402 g/mol. The molecule has 2 rings (SSSR count). The zero-order valence-electron chi connectivity index (χ0n) is 13.3. The Kier molecular flexibility index (Phi) is 6.32. The highest BCUT2D eigenvalue weighted by Crippen LogP contribution is 2.36. The summed E-state index contributed by atoms with van der Waals surface area (Å²) in [6.45, 7) is 0. The van der Waals surface area contributed by atoms with Crippen LogP contribution in [0.25, 0.3) is 0 Å². The standard InChI is InChI=1S/C17H16Cl2O5S/c1-25(22,23)12-9-13(18)16(14(19)10-12)24-15(17(20)21)8-7-11-5-3-2-4-6-11/h2-6,9-10,15H,7-8H2,1H3,(H,20,21). The first-order valence-electron chi connectivity index (χ1n) is 7.31. The molecule has 1 unspecified atom stereocenters. The van der Waals surface area contributed by atoms with Crippen LogP contribution >= 0.6 is 23.2 Å². The van der Waals surface area contributed by atoms with Crippen LogP contribution in [0.2, 0.25) is 10.0 Å². The van der Waals surface area contributed by atoms with Crippen molar-refractivity contribution in [1.29, 1.82) is 0 Å². The van der Waals surface area contributed by atoms with Gasteiger partial charge in [0.25, 0.3) is 0 Å². The second-order valence-corrected chi connectivity index (χ2v) is 8.29. The molecule has 0 radical (unpaired) electrons. The van der Waals surface area contributed by atoms with Crippen molar-refractivity contribution in [2.24, 2.45) is 0 Å². The number of hydrogen-bond donors (Lipinski definition) is 1. The smallest absolute Gasteiger partial charge is 0.344 e. The first-order valence-corrected chi connectivity index (χ1v) is 9.95. The first kappa shape index (κ1) is 19.6. The molecule has 25 heavy (non-hydrogen) atoms. The van der Waals surface area contributed by atoms with E-state index in [0.717, 1.165) is 11.8 Å². The maximum absolute atomic E-state index is 11.6. The fourth-order valence-corrected chi connectivity index (χ4v) is 3.55. The summed E-state index contributed by atoms with van der Waals surface area (Å²) < 4.78 is 28.6. The van der Waals surface area contributed by atoms with Crippen molar-refractivity contribution in [3.8, 4) is 5.75 Å².